The summed E-state index contributed by atoms with van der Waals surface area (Å²) in [5.74, 6) is -0.200. The molecule has 0 aliphatic carbocycles. The lowest BCUT2D eigenvalue weighted by Gasteiger charge is -2.33. The first-order chi connectivity index (χ1) is 12.0. The van der Waals surface area contributed by atoms with E-state index >= 15 is 0 Å². The highest BCUT2D eigenvalue weighted by Crippen LogP contribution is 2.34. The molecule has 0 bridgehead atoms. The summed E-state index contributed by atoms with van der Waals surface area (Å²) in [5, 5.41) is 13.7. The third kappa shape index (κ3) is 3.30. The average molecular weight is 364 g/mol. The molecule has 0 spiro atoms. The first-order valence-electron chi connectivity index (χ1n) is 9.27. The fourth-order valence-electron chi connectivity index (χ4n) is 4.21. The normalized spacial score (nSPS) is 21.0. The Morgan fingerprint density at radius 3 is 2.76 bits per heavy atom. The molecule has 3 rings (SSSR count). The quantitative estimate of drug-likeness (QED) is 0.850. The highest BCUT2D eigenvalue weighted by molar-refractivity contribution is 6.33. The van der Waals surface area contributed by atoms with Gasteiger partial charge in [0.15, 0.2) is 0 Å². The summed E-state index contributed by atoms with van der Waals surface area (Å²) >= 11 is 6.25. The summed E-state index contributed by atoms with van der Waals surface area (Å²) in [7, 11) is 0. The molecule has 0 amide bonds. The molecule has 1 N–H and O–H groups in total. The number of nitrogens with one attached hydrogen (secondary N) is 1. The zero-order chi connectivity index (χ0) is 18.1. The van der Waals surface area contributed by atoms with Gasteiger partial charge in [-0.3, -0.25) is 0 Å². The van der Waals surface area contributed by atoms with Crippen LogP contribution in [0.3, 0.4) is 0 Å². The van der Waals surface area contributed by atoms with Crippen LogP contribution in [0.4, 0.5) is 0 Å². The van der Waals surface area contributed by atoms with Crippen LogP contribution in [-0.4, -0.2) is 12.6 Å². The van der Waals surface area contributed by atoms with Crippen LogP contribution in [0.5, 0.6) is 5.75 Å². The molecule has 1 aliphatic rings. The number of hydrogen-bond donors (Lipinski definition) is 1. The summed E-state index contributed by atoms with van der Waals surface area (Å²) in [6, 6.07) is 2.20. The summed E-state index contributed by atoms with van der Waals surface area (Å²) in [6.45, 7) is 7.65. The molecule has 1 aliphatic heterocycles. The van der Waals surface area contributed by atoms with Crippen LogP contribution in [0.15, 0.2) is 15.3 Å². The Morgan fingerprint density at radius 1 is 1.32 bits per heavy atom. The molecule has 136 valence electrons. The second-order valence-electron chi connectivity index (χ2n) is 7.08. The molecule has 5 heteroatoms. The highest BCUT2D eigenvalue weighted by atomic mass is 35.5. The first kappa shape index (κ1) is 18.3. The molecule has 1 unspecified atom stereocenters. The number of aryl methyl sites for hydroxylation is 1. The van der Waals surface area contributed by atoms with Crippen LogP contribution in [0.25, 0.3) is 11.0 Å². The predicted octanol–water partition coefficient (Wildman–Crippen LogP) is 2.74. The van der Waals surface area contributed by atoms with E-state index in [-0.39, 0.29) is 16.4 Å². The smallest absolute Gasteiger partial charge is 0.339 e. The van der Waals surface area contributed by atoms with Crippen molar-refractivity contribution in [3.05, 3.63) is 38.2 Å². The number of halogens is 1. The Labute approximate surface area is 153 Å². The molecule has 1 aromatic heterocycles. The van der Waals surface area contributed by atoms with Crippen molar-refractivity contribution in [3.8, 4) is 5.75 Å². The van der Waals surface area contributed by atoms with Gasteiger partial charge in [-0.15, -0.1) is 0 Å². The van der Waals surface area contributed by atoms with Crippen LogP contribution in [0.2, 0.25) is 5.02 Å². The van der Waals surface area contributed by atoms with Gasteiger partial charge in [0.2, 0.25) is 0 Å². The summed E-state index contributed by atoms with van der Waals surface area (Å²) in [5.41, 5.74) is 2.18. The number of hydrogen-bond acceptors (Lipinski definition) is 3. The molecule has 1 saturated heterocycles. The maximum Gasteiger partial charge on any atom is 0.339 e. The fraction of sp³-hybridized carbons (Fsp3) is 0.550. The first-order valence-corrected chi connectivity index (χ1v) is 9.64. The Balaban J connectivity index is 2.16. The van der Waals surface area contributed by atoms with E-state index in [1.54, 1.807) is 6.07 Å². The van der Waals surface area contributed by atoms with E-state index in [0.717, 1.165) is 23.9 Å². The van der Waals surface area contributed by atoms with Gasteiger partial charge >= 0.3 is 5.63 Å². The molecular formula is C20H26ClNO3. The van der Waals surface area contributed by atoms with Crippen molar-refractivity contribution in [1.82, 2.24) is 0 Å². The van der Waals surface area contributed by atoms with Gasteiger partial charge in [0.1, 0.15) is 12.1 Å². The topological polar surface area (TPSA) is 57.7 Å². The van der Waals surface area contributed by atoms with Crippen molar-refractivity contribution in [3.63, 3.8) is 0 Å². The summed E-state index contributed by atoms with van der Waals surface area (Å²) in [4.78, 5) is 13.7. The molecule has 1 fully saturated rings. The third-order valence-corrected chi connectivity index (χ3v) is 5.99. The second kappa shape index (κ2) is 7.38. The van der Waals surface area contributed by atoms with E-state index in [2.05, 4.69) is 6.92 Å². The van der Waals surface area contributed by atoms with Crippen molar-refractivity contribution >= 4 is 22.6 Å². The van der Waals surface area contributed by atoms with Gasteiger partial charge in [-0.05, 0) is 50.7 Å². The van der Waals surface area contributed by atoms with Crippen LogP contribution >= 0.6 is 11.6 Å². The monoisotopic (exact) mass is 363 g/mol. The lowest BCUT2D eigenvalue weighted by Crippen LogP contribution is -3.15. The number of fused-ring (bicyclic) bond motifs is 1. The number of quaternary nitrogens is 1. The minimum Gasteiger partial charge on any atom is -0.871 e. The summed E-state index contributed by atoms with van der Waals surface area (Å²) in [6.07, 6.45) is 5.29. The van der Waals surface area contributed by atoms with Crippen molar-refractivity contribution in [1.29, 1.82) is 0 Å². The van der Waals surface area contributed by atoms with Gasteiger partial charge in [0, 0.05) is 21.5 Å². The highest BCUT2D eigenvalue weighted by Gasteiger charge is 2.26. The SMILES string of the molecule is CCc1c(C)c2cc(Cl)c([O-])c(C[NH+]3CCCC[C@@H]3CC)c2oc1=O. The van der Waals surface area contributed by atoms with E-state index < -0.39 is 0 Å². The largest absolute Gasteiger partial charge is 0.871 e. The molecule has 0 saturated carbocycles. The van der Waals surface area contributed by atoms with Crippen molar-refractivity contribution in [2.24, 2.45) is 0 Å². The van der Waals surface area contributed by atoms with E-state index in [4.69, 9.17) is 16.0 Å². The molecular weight excluding hydrogens is 338 g/mol. The van der Waals surface area contributed by atoms with Gasteiger partial charge in [0.25, 0.3) is 0 Å². The zero-order valence-electron chi connectivity index (χ0n) is 15.2. The van der Waals surface area contributed by atoms with Gasteiger partial charge in [0.05, 0.1) is 12.6 Å². The predicted molar refractivity (Wildman–Crippen MR) is 98.5 cm³/mol. The molecule has 0 radical (unpaired) electrons. The third-order valence-electron chi connectivity index (χ3n) is 5.71. The van der Waals surface area contributed by atoms with Crippen LogP contribution in [-0.2, 0) is 13.0 Å². The average Bonchev–Trinajstić information content (AvgIpc) is 2.61. The van der Waals surface area contributed by atoms with Crippen molar-refractivity contribution in [2.45, 2.75) is 65.5 Å². The molecule has 2 atom stereocenters. The van der Waals surface area contributed by atoms with E-state index in [9.17, 15) is 9.90 Å². The standard InChI is InChI=1S/C20H26ClNO3/c1-4-13-8-6-7-9-22(13)11-16-18(23)17(21)10-15-12(3)14(5-2)20(24)25-19(15)16/h10,13,23H,4-9,11H2,1-3H3/t13-/m0/s1. The number of benzene rings is 1. The van der Waals surface area contributed by atoms with E-state index in [0.29, 0.717) is 35.7 Å². The summed E-state index contributed by atoms with van der Waals surface area (Å²) < 4.78 is 5.61. The Hall–Kier alpha value is -1.52. The van der Waals surface area contributed by atoms with Crippen molar-refractivity contribution in [2.75, 3.05) is 6.54 Å². The van der Waals surface area contributed by atoms with Crippen LogP contribution in [0, 0.1) is 6.92 Å². The lowest BCUT2D eigenvalue weighted by atomic mass is 9.97. The molecule has 25 heavy (non-hydrogen) atoms. The fourth-order valence-corrected chi connectivity index (χ4v) is 4.43. The van der Waals surface area contributed by atoms with Gasteiger partial charge in [-0.2, -0.15) is 0 Å². The van der Waals surface area contributed by atoms with Gasteiger partial charge in [-0.1, -0.05) is 31.2 Å². The molecule has 2 heterocycles. The second-order valence-corrected chi connectivity index (χ2v) is 7.48. The van der Waals surface area contributed by atoms with Crippen LogP contribution < -0.4 is 15.6 Å². The lowest BCUT2D eigenvalue weighted by molar-refractivity contribution is -0.944. The number of piperidine rings is 1. The zero-order valence-corrected chi connectivity index (χ0v) is 16.0. The van der Waals surface area contributed by atoms with E-state index in [1.165, 1.54) is 24.2 Å². The van der Waals surface area contributed by atoms with Gasteiger partial charge in [-0.25, -0.2) is 4.79 Å². The minimum absolute atomic E-state index is 0.200. The number of rotatable bonds is 4. The molecule has 2 aromatic rings. The Bertz CT molecular complexity index is 843. The van der Waals surface area contributed by atoms with Gasteiger partial charge < -0.3 is 14.4 Å². The van der Waals surface area contributed by atoms with Crippen molar-refractivity contribution < 1.29 is 14.4 Å². The molecule has 1 aromatic carbocycles. The minimum atomic E-state index is -0.337. The Morgan fingerprint density at radius 2 is 2.08 bits per heavy atom. The Kier molecular flexibility index (Phi) is 5.40. The maximum absolute atomic E-state index is 12.7. The molecule has 4 nitrogen and oxygen atoms in total. The van der Waals surface area contributed by atoms with E-state index in [1.807, 2.05) is 13.8 Å². The van der Waals surface area contributed by atoms with Crippen LogP contribution in [0.1, 0.15) is 56.2 Å². The maximum atomic E-state index is 12.7. The number of likely N-dealkylation sites (tertiary alicyclic amines) is 1.